The molecule has 0 amide bonds. The van der Waals surface area contributed by atoms with Crippen LogP contribution in [-0.2, 0) is 12.1 Å². The fraction of sp³-hybridized carbons (Fsp3) is 0.211. The van der Waals surface area contributed by atoms with E-state index in [2.05, 4.69) is 24.4 Å². The Morgan fingerprint density at radius 3 is 2.83 bits per heavy atom. The molecule has 1 aromatic carbocycles. The number of rotatable bonds is 7. The molecule has 4 rings (SSSR count). The molecule has 0 aliphatic heterocycles. The minimum Gasteiger partial charge on any atom is -0.382 e. The zero-order valence-corrected chi connectivity index (χ0v) is 17.3. The first kappa shape index (κ1) is 20.5. The predicted octanol–water partition coefficient (Wildman–Crippen LogP) is 3.54. The standard InChI is InChI=1S/C19H16F2N6OS2/c1-12(29-18-25-17(26-30-18)16-4-2-3-7-23-16)19(28,9-27-11-22-10-24-27)14-6-5-13(20)8-15(14)21/h2-8,10-12,28H,9H2,1H3/t12-,19?/m1/s1. The second-order valence-corrected chi connectivity index (χ2v) is 8.84. The Kier molecular flexibility index (Phi) is 5.84. The second-order valence-electron chi connectivity index (χ2n) is 6.50. The number of pyridine rings is 1. The van der Waals surface area contributed by atoms with Crippen molar-refractivity contribution in [2.75, 3.05) is 0 Å². The van der Waals surface area contributed by atoms with E-state index in [4.69, 9.17) is 0 Å². The van der Waals surface area contributed by atoms with E-state index in [0.29, 0.717) is 15.9 Å². The van der Waals surface area contributed by atoms with Gasteiger partial charge in [0.1, 0.15) is 35.6 Å². The highest BCUT2D eigenvalue weighted by atomic mass is 32.2. The van der Waals surface area contributed by atoms with Gasteiger partial charge in [-0.15, -0.1) is 0 Å². The Morgan fingerprint density at radius 2 is 2.13 bits per heavy atom. The van der Waals surface area contributed by atoms with E-state index in [9.17, 15) is 13.9 Å². The van der Waals surface area contributed by atoms with E-state index in [0.717, 1.165) is 23.7 Å². The predicted molar refractivity (Wildman–Crippen MR) is 109 cm³/mol. The van der Waals surface area contributed by atoms with Crippen molar-refractivity contribution in [1.29, 1.82) is 0 Å². The van der Waals surface area contributed by atoms with Crippen LogP contribution in [-0.4, -0.2) is 39.5 Å². The molecule has 0 spiro atoms. The number of hydrogen-bond donors (Lipinski definition) is 1. The summed E-state index contributed by atoms with van der Waals surface area (Å²) in [4.78, 5) is 12.6. The number of benzene rings is 1. The molecule has 154 valence electrons. The smallest absolute Gasteiger partial charge is 0.192 e. The van der Waals surface area contributed by atoms with Crippen LogP contribution in [0.2, 0.25) is 0 Å². The number of thioether (sulfide) groups is 1. The molecule has 3 heterocycles. The Labute approximate surface area is 179 Å². The third-order valence-electron chi connectivity index (χ3n) is 4.52. The van der Waals surface area contributed by atoms with E-state index in [-0.39, 0.29) is 12.1 Å². The van der Waals surface area contributed by atoms with Gasteiger partial charge in [0.2, 0.25) is 0 Å². The quantitative estimate of drug-likeness (QED) is 0.434. The molecule has 1 unspecified atom stereocenters. The highest BCUT2D eigenvalue weighted by Crippen LogP contribution is 2.40. The van der Waals surface area contributed by atoms with Crippen molar-refractivity contribution in [3.63, 3.8) is 0 Å². The van der Waals surface area contributed by atoms with Crippen LogP contribution in [0.1, 0.15) is 12.5 Å². The SMILES string of the molecule is C[C@@H](Sc1nc(-c2ccccn2)ns1)C(O)(Cn1cncn1)c1ccc(F)cc1F. The maximum Gasteiger partial charge on any atom is 0.192 e. The van der Waals surface area contributed by atoms with Gasteiger partial charge < -0.3 is 5.11 Å². The van der Waals surface area contributed by atoms with Gasteiger partial charge in [-0.25, -0.2) is 23.4 Å². The lowest BCUT2D eigenvalue weighted by molar-refractivity contribution is 0.0133. The monoisotopic (exact) mass is 446 g/mol. The normalized spacial score (nSPS) is 14.4. The largest absolute Gasteiger partial charge is 0.382 e. The van der Waals surface area contributed by atoms with Crippen molar-refractivity contribution >= 4 is 23.3 Å². The summed E-state index contributed by atoms with van der Waals surface area (Å²) in [7, 11) is 0. The molecular formula is C19H16F2N6OS2. The molecule has 2 atom stereocenters. The molecule has 3 aromatic heterocycles. The number of nitrogens with zero attached hydrogens (tertiary/aromatic N) is 6. The van der Waals surface area contributed by atoms with Gasteiger partial charge in [-0.3, -0.25) is 4.98 Å². The van der Waals surface area contributed by atoms with E-state index in [1.165, 1.54) is 35.2 Å². The highest BCUT2D eigenvalue weighted by Gasteiger charge is 2.40. The Hall–Kier alpha value is -2.76. The molecule has 0 saturated heterocycles. The molecule has 0 aliphatic carbocycles. The molecule has 0 fully saturated rings. The first-order valence-corrected chi connectivity index (χ1v) is 10.5. The average Bonchev–Trinajstić information content (AvgIpc) is 3.40. The Morgan fingerprint density at radius 1 is 1.27 bits per heavy atom. The summed E-state index contributed by atoms with van der Waals surface area (Å²) in [6.07, 6.45) is 4.40. The van der Waals surface area contributed by atoms with Crippen molar-refractivity contribution in [3.05, 3.63) is 72.4 Å². The number of hydrogen-bond acceptors (Lipinski definition) is 8. The van der Waals surface area contributed by atoms with Gasteiger partial charge in [0, 0.05) is 23.1 Å². The zero-order valence-electron chi connectivity index (χ0n) is 15.7. The van der Waals surface area contributed by atoms with Gasteiger partial charge in [-0.2, -0.15) is 9.47 Å². The van der Waals surface area contributed by atoms with E-state index < -0.39 is 22.5 Å². The lowest BCUT2D eigenvalue weighted by atomic mass is 9.90. The van der Waals surface area contributed by atoms with Crippen LogP contribution in [0, 0.1) is 11.6 Å². The van der Waals surface area contributed by atoms with Gasteiger partial charge in [0.05, 0.1) is 6.54 Å². The molecule has 0 saturated carbocycles. The molecule has 7 nitrogen and oxygen atoms in total. The molecule has 4 aromatic rings. The lowest BCUT2D eigenvalue weighted by Crippen LogP contribution is -2.41. The van der Waals surface area contributed by atoms with Crippen molar-refractivity contribution in [3.8, 4) is 11.5 Å². The lowest BCUT2D eigenvalue weighted by Gasteiger charge is -2.33. The third-order valence-corrected chi connectivity index (χ3v) is 6.58. The minimum absolute atomic E-state index is 0.0335. The van der Waals surface area contributed by atoms with Gasteiger partial charge in [-0.05, 0) is 36.7 Å². The Bertz CT molecular complexity index is 1130. The first-order chi connectivity index (χ1) is 14.5. The van der Waals surface area contributed by atoms with Crippen LogP contribution < -0.4 is 0 Å². The Balaban J connectivity index is 1.64. The maximum atomic E-state index is 14.6. The van der Waals surface area contributed by atoms with Gasteiger partial charge in [-0.1, -0.05) is 23.9 Å². The van der Waals surface area contributed by atoms with Crippen molar-refractivity contribution in [2.45, 2.75) is 28.7 Å². The molecule has 11 heteroatoms. The molecular weight excluding hydrogens is 430 g/mol. The molecule has 0 radical (unpaired) electrons. The molecule has 30 heavy (non-hydrogen) atoms. The summed E-state index contributed by atoms with van der Waals surface area (Å²) in [6, 6.07) is 8.56. The topological polar surface area (TPSA) is 89.6 Å². The summed E-state index contributed by atoms with van der Waals surface area (Å²) >= 11 is 2.40. The average molecular weight is 447 g/mol. The first-order valence-electron chi connectivity index (χ1n) is 8.88. The molecule has 0 bridgehead atoms. The minimum atomic E-state index is -1.72. The van der Waals surface area contributed by atoms with Crippen LogP contribution in [0.15, 0.2) is 59.6 Å². The van der Waals surface area contributed by atoms with Crippen LogP contribution in [0.25, 0.3) is 11.5 Å². The van der Waals surface area contributed by atoms with Crippen LogP contribution in [0.3, 0.4) is 0 Å². The fourth-order valence-electron chi connectivity index (χ4n) is 2.94. The van der Waals surface area contributed by atoms with Crippen molar-refractivity contribution in [2.24, 2.45) is 0 Å². The van der Waals surface area contributed by atoms with E-state index >= 15 is 0 Å². The summed E-state index contributed by atoms with van der Waals surface area (Å²) in [5.74, 6) is -1.08. The highest BCUT2D eigenvalue weighted by molar-refractivity contribution is 8.01. The van der Waals surface area contributed by atoms with Gasteiger partial charge in [0.25, 0.3) is 0 Å². The van der Waals surface area contributed by atoms with Crippen LogP contribution >= 0.6 is 23.3 Å². The van der Waals surface area contributed by atoms with Gasteiger partial charge in [0.15, 0.2) is 10.2 Å². The van der Waals surface area contributed by atoms with Crippen molar-refractivity contribution < 1.29 is 13.9 Å². The summed E-state index contributed by atoms with van der Waals surface area (Å²) in [5.41, 5.74) is -1.11. The third kappa shape index (κ3) is 4.23. The summed E-state index contributed by atoms with van der Waals surface area (Å²) in [5, 5.41) is 15.0. The van der Waals surface area contributed by atoms with Gasteiger partial charge >= 0.3 is 0 Å². The summed E-state index contributed by atoms with van der Waals surface area (Å²) < 4.78 is 34.4. The van der Waals surface area contributed by atoms with E-state index in [1.807, 2.05) is 6.07 Å². The van der Waals surface area contributed by atoms with Crippen molar-refractivity contribution in [1.82, 2.24) is 29.1 Å². The van der Waals surface area contributed by atoms with Crippen LogP contribution in [0.4, 0.5) is 8.78 Å². The number of aliphatic hydroxyl groups is 1. The molecule has 1 N–H and O–H groups in total. The number of aromatic nitrogens is 6. The fourth-order valence-corrected chi connectivity index (χ4v) is 4.92. The zero-order chi connectivity index (χ0) is 21.1. The maximum absolute atomic E-state index is 14.6. The van der Waals surface area contributed by atoms with Crippen LogP contribution in [0.5, 0.6) is 0 Å². The second kappa shape index (κ2) is 8.54. The molecule has 0 aliphatic rings. The van der Waals surface area contributed by atoms with E-state index in [1.54, 1.807) is 25.3 Å². The summed E-state index contributed by atoms with van der Waals surface area (Å²) in [6.45, 7) is 1.67. The number of halogens is 2.